The van der Waals surface area contributed by atoms with Crippen LogP contribution in [0.1, 0.15) is 44.9 Å². The molecule has 0 unspecified atom stereocenters. The zero-order valence-electron chi connectivity index (χ0n) is 10.4. The summed E-state index contributed by atoms with van der Waals surface area (Å²) in [4.78, 5) is 20.1. The molecule has 0 bridgehead atoms. The maximum Gasteiger partial charge on any atom is 0.230 e. The Kier molecular flexibility index (Phi) is 4.93. The molecular weight excluding hydrogens is 250 g/mol. The highest BCUT2D eigenvalue weighted by Gasteiger charge is 2.20. The predicted octanol–water partition coefficient (Wildman–Crippen LogP) is 3.43. The first-order chi connectivity index (χ1) is 8.75. The van der Waals surface area contributed by atoms with E-state index in [0.717, 1.165) is 25.7 Å². The van der Waals surface area contributed by atoms with Crippen molar-refractivity contribution >= 4 is 23.5 Å². The van der Waals surface area contributed by atoms with E-state index in [0.29, 0.717) is 11.1 Å². The summed E-state index contributed by atoms with van der Waals surface area (Å²) in [6, 6.07) is 1.59. The van der Waals surface area contributed by atoms with Crippen molar-refractivity contribution in [2.24, 2.45) is 5.92 Å². The average Bonchev–Trinajstić information content (AvgIpc) is 2.28. The average molecular weight is 268 g/mol. The molecule has 0 aromatic carbocycles. The number of carbonyl (C=O) groups excluding carboxylic acids is 1. The monoisotopic (exact) mass is 267 g/mol. The molecule has 4 nitrogen and oxygen atoms in total. The summed E-state index contributed by atoms with van der Waals surface area (Å²) in [5.74, 6) is 0.418. The molecule has 0 radical (unpaired) electrons. The number of halogens is 1. The number of nitrogens with one attached hydrogen (secondary N) is 1. The zero-order chi connectivity index (χ0) is 12.8. The molecule has 1 saturated carbocycles. The third kappa shape index (κ3) is 3.95. The van der Waals surface area contributed by atoms with Crippen molar-refractivity contribution in [3.05, 3.63) is 17.4 Å². The first-order valence-corrected chi connectivity index (χ1v) is 6.93. The van der Waals surface area contributed by atoms with Gasteiger partial charge in [0.15, 0.2) is 0 Å². The van der Waals surface area contributed by atoms with Crippen LogP contribution in [0.5, 0.6) is 0 Å². The van der Waals surface area contributed by atoms with Crippen molar-refractivity contribution in [1.82, 2.24) is 9.97 Å². The Labute approximate surface area is 112 Å². The Bertz CT molecular complexity index is 403. The van der Waals surface area contributed by atoms with Gasteiger partial charge in [-0.2, -0.15) is 0 Å². The Morgan fingerprint density at radius 2 is 1.89 bits per heavy atom. The second-order valence-corrected chi connectivity index (χ2v) is 5.12. The second-order valence-electron chi connectivity index (χ2n) is 4.73. The third-order valence-corrected chi connectivity index (χ3v) is 3.54. The number of aromatic nitrogens is 2. The summed E-state index contributed by atoms with van der Waals surface area (Å²) in [7, 11) is 0. The van der Waals surface area contributed by atoms with E-state index in [2.05, 4.69) is 15.3 Å². The van der Waals surface area contributed by atoms with Crippen molar-refractivity contribution in [3.8, 4) is 0 Å². The first kappa shape index (κ1) is 13.3. The van der Waals surface area contributed by atoms with Gasteiger partial charge in [-0.3, -0.25) is 10.1 Å². The standard InChI is InChI=1S/C13H18ClN3O/c14-11-8-9-15-13(16-11)17-12(18)10-6-4-2-1-3-5-7-10/h8-10H,1-7H2,(H,15,16,17,18). The first-order valence-electron chi connectivity index (χ1n) is 6.55. The highest BCUT2D eigenvalue weighted by atomic mass is 35.5. The lowest BCUT2D eigenvalue weighted by molar-refractivity contribution is -0.120. The van der Waals surface area contributed by atoms with Gasteiger partial charge in [0.05, 0.1) is 0 Å². The molecule has 1 heterocycles. The van der Waals surface area contributed by atoms with E-state index in [1.807, 2.05) is 0 Å². The van der Waals surface area contributed by atoms with E-state index >= 15 is 0 Å². The normalized spacial score (nSPS) is 17.8. The molecule has 98 valence electrons. The summed E-state index contributed by atoms with van der Waals surface area (Å²) >= 11 is 5.76. The van der Waals surface area contributed by atoms with Gasteiger partial charge in [0.1, 0.15) is 5.15 Å². The Hall–Kier alpha value is -1.16. The smallest absolute Gasteiger partial charge is 0.230 e. The molecule has 2 rings (SSSR count). The number of nitrogens with zero attached hydrogens (tertiary/aromatic N) is 2. The molecule has 0 spiro atoms. The molecular formula is C13H18ClN3O. The van der Waals surface area contributed by atoms with Crippen molar-refractivity contribution < 1.29 is 4.79 Å². The number of hydrogen-bond acceptors (Lipinski definition) is 3. The van der Waals surface area contributed by atoms with Crippen LogP contribution in [0.3, 0.4) is 0 Å². The van der Waals surface area contributed by atoms with Gasteiger partial charge in [-0.1, -0.05) is 43.7 Å². The van der Waals surface area contributed by atoms with Crippen LogP contribution in [0.2, 0.25) is 5.15 Å². The maximum absolute atomic E-state index is 12.1. The van der Waals surface area contributed by atoms with E-state index in [1.54, 1.807) is 12.3 Å². The maximum atomic E-state index is 12.1. The highest BCUT2D eigenvalue weighted by Crippen LogP contribution is 2.23. The fourth-order valence-corrected chi connectivity index (χ4v) is 2.46. The van der Waals surface area contributed by atoms with Gasteiger partial charge >= 0.3 is 0 Å². The van der Waals surface area contributed by atoms with Gasteiger partial charge in [0.2, 0.25) is 11.9 Å². The van der Waals surface area contributed by atoms with Crippen LogP contribution in [0.25, 0.3) is 0 Å². The number of anilines is 1. The molecule has 1 aliphatic rings. The summed E-state index contributed by atoms with van der Waals surface area (Å²) in [6.07, 6.45) is 9.51. The largest absolute Gasteiger partial charge is 0.294 e. The van der Waals surface area contributed by atoms with Crippen molar-refractivity contribution in [1.29, 1.82) is 0 Å². The molecule has 5 heteroatoms. The molecule has 1 N–H and O–H groups in total. The van der Waals surface area contributed by atoms with Crippen LogP contribution < -0.4 is 5.32 Å². The van der Waals surface area contributed by atoms with Gasteiger partial charge < -0.3 is 0 Å². The molecule has 1 aromatic rings. The minimum atomic E-state index is 0.0270. The van der Waals surface area contributed by atoms with Gasteiger partial charge in [-0.25, -0.2) is 9.97 Å². The lowest BCUT2D eigenvalue weighted by atomic mass is 9.90. The Morgan fingerprint density at radius 3 is 2.56 bits per heavy atom. The number of rotatable bonds is 2. The fourth-order valence-electron chi connectivity index (χ4n) is 2.33. The molecule has 1 amide bonds. The number of hydrogen-bond donors (Lipinski definition) is 1. The van der Waals surface area contributed by atoms with Crippen LogP contribution in [0.4, 0.5) is 5.95 Å². The van der Waals surface area contributed by atoms with Crippen LogP contribution >= 0.6 is 11.6 Å². The molecule has 1 aliphatic carbocycles. The van der Waals surface area contributed by atoms with Crippen molar-refractivity contribution in [2.45, 2.75) is 44.9 Å². The van der Waals surface area contributed by atoms with Gasteiger partial charge in [0.25, 0.3) is 0 Å². The van der Waals surface area contributed by atoms with Crippen LogP contribution in [-0.4, -0.2) is 15.9 Å². The molecule has 0 saturated heterocycles. The van der Waals surface area contributed by atoms with Crippen LogP contribution in [0, 0.1) is 5.92 Å². The van der Waals surface area contributed by atoms with Gasteiger partial charge in [0, 0.05) is 12.1 Å². The second kappa shape index (κ2) is 6.69. The summed E-state index contributed by atoms with van der Waals surface area (Å²) in [6.45, 7) is 0. The quantitative estimate of drug-likeness (QED) is 0.835. The van der Waals surface area contributed by atoms with E-state index in [9.17, 15) is 4.79 Å². The third-order valence-electron chi connectivity index (χ3n) is 3.33. The van der Waals surface area contributed by atoms with Crippen LogP contribution in [0.15, 0.2) is 12.3 Å². The van der Waals surface area contributed by atoms with Gasteiger partial charge in [-0.05, 0) is 18.9 Å². The molecule has 0 atom stereocenters. The SMILES string of the molecule is O=C(Nc1nccc(Cl)n1)C1CCCCCCC1. The summed E-state index contributed by atoms with van der Waals surface area (Å²) in [5.41, 5.74) is 0. The Balaban J connectivity index is 1.93. The molecule has 18 heavy (non-hydrogen) atoms. The van der Waals surface area contributed by atoms with Crippen molar-refractivity contribution in [3.63, 3.8) is 0 Å². The minimum Gasteiger partial charge on any atom is -0.294 e. The topological polar surface area (TPSA) is 54.9 Å². The van der Waals surface area contributed by atoms with Crippen molar-refractivity contribution in [2.75, 3.05) is 5.32 Å². The fraction of sp³-hybridized carbons (Fsp3) is 0.615. The van der Waals surface area contributed by atoms with E-state index in [4.69, 9.17) is 11.6 Å². The summed E-state index contributed by atoms with van der Waals surface area (Å²) < 4.78 is 0. The van der Waals surface area contributed by atoms with E-state index in [-0.39, 0.29) is 11.8 Å². The zero-order valence-corrected chi connectivity index (χ0v) is 11.1. The molecule has 1 fully saturated rings. The number of carbonyl (C=O) groups is 1. The Morgan fingerprint density at radius 1 is 1.22 bits per heavy atom. The molecule has 0 aliphatic heterocycles. The lowest BCUT2D eigenvalue weighted by Crippen LogP contribution is -2.24. The van der Waals surface area contributed by atoms with E-state index in [1.165, 1.54) is 19.3 Å². The minimum absolute atomic E-state index is 0.0270. The van der Waals surface area contributed by atoms with E-state index < -0.39 is 0 Å². The van der Waals surface area contributed by atoms with Crippen LogP contribution in [-0.2, 0) is 4.79 Å². The number of amides is 1. The molecule has 1 aromatic heterocycles. The predicted molar refractivity (Wildman–Crippen MR) is 71.5 cm³/mol. The highest BCUT2D eigenvalue weighted by molar-refractivity contribution is 6.29. The van der Waals surface area contributed by atoms with Gasteiger partial charge in [-0.15, -0.1) is 0 Å². The lowest BCUT2D eigenvalue weighted by Gasteiger charge is -2.18. The summed E-state index contributed by atoms with van der Waals surface area (Å²) in [5, 5.41) is 3.10.